The van der Waals surface area contributed by atoms with Gasteiger partial charge in [-0.2, -0.15) is 5.10 Å². The summed E-state index contributed by atoms with van der Waals surface area (Å²) < 4.78 is 27.4. The number of rotatable bonds is 6. The molecule has 3 aromatic rings. The van der Waals surface area contributed by atoms with E-state index < -0.39 is 11.9 Å². The van der Waals surface area contributed by atoms with E-state index in [2.05, 4.69) is 31.8 Å². The molecule has 29 heavy (non-hydrogen) atoms. The predicted octanol–water partition coefficient (Wildman–Crippen LogP) is 5.12. The Balaban J connectivity index is 0.000000280. The smallest absolute Gasteiger partial charge is 0.657 e. The molecule has 0 saturated heterocycles. The zero-order valence-corrected chi connectivity index (χ0v) is 19.0. The normalized spacial score (nSPS) is 10.7. The summed E-state index contributed by atoms with van der Waals surface area (Å²) in [7, 11) is 0. The summed E-state index contributed by atoms with van der Waals surface area (Å²) in [6, 6.07) is 10.9. The van der Waals surface area contributed by atoms with Crippen LogP contribution in [0.25, 0.3) is 21.9 Å². The Bertz CT molecular complexity index is 818. The van der Waals surface area contributed by atoms with Gasteiger partial charge in [0.25, 0.3) is 0 Å². The van der Waals surface area contributed by atoms with Crippen LogP contribution in [0.4, 0.5) is 8.78 Å². The Morgan fingerprint density at radius 1 is 1.00 bits per heavy atom. The molecule has 0 saturated carbocycles. The van der Waals surface area contributed by atoms with E-state index in [4.69, 9.17) is 0 Å². The third-order valence-corrected chi connectivity index (χ3v) is 3.29. The number of aromatic nitrogens is 4. The average Bonchev–Trinajstić information content (AvgIpc) is 3.16. The van der Waals surface area contributed by atoms with Gasteiger partial charge in [0.1, 0.15) is 11.9 Å². The second-order valence-corrected chi connectivity index (χ2v) is 6.42. The second kappa shape index (κ2) is 12.5. The Morgan fingerprint density at radius 2 is 1.69 bits per heavy atom. The zero-order valence-electron chi connectivity index (χ0n) is 16.6. The fraction of sp³-hybridized carbons (Fsp3) is 0.350. The minimum Gasteiger partial charge on any atom is -0.657 e. The summed E-state index contributed by atoms with van der Waals surface area (Å²) in [5, 5.41) is 13.1. The summed E-state index contributed by atoms with van der Waals surface area (Å²) in [5.41, 5.74) is 0.463. The van der Waals surface area contributed by atoms with Crippen molar-refractivity contribution >= 4 is 0 Å². The van der Waals surface area contributed by atoms with Gasteiger partial charge in [-0.15, -0.1) is 24.4 Å². The molecule has 0 fully saturated rings. The molecule has 9 heteroatoms. The van der Waals surface area contributed by atoms with Crippen LogP contribution >= 0.6 is 0 Å². The molecule has 0 bridgehead atoms. The summed E-state index contributed by atoms with van der Waals surface area (Å²) in [5.74, 6) is -1.79. The molecule has 0 radical (unpaired) electrons. The van der Waals surface area contributed by atoms with Crippen molar-refractivity contribution in [2.45, 2.75) is 46.1 Å². The van der Waals surface area contributed by atoms with Crippen LogP contribution < -0.4 is 0 Å². The average molecular weight is 578 g/mol. The number of hydrogen-bond donors (Lipinski definition) is 0. The van der Waals surface area contributed by atoms with Crippen molar-refractivity contribution in [2.24, 2.45) is 0 Å². The molecule has 3 heterocycles. The first kappa shape index (κ1) is 25.0. The van der Waals surface area contributed by atoms with Gasteiger partial charge in [0.2, 0.25) is 0 Å². The van der Waals surface area contributed by atoms with Crippen LogP contribution in [0.1, 0.15) is 34.0 Å². The fourth-order valence-corrected chi connectivity index (χ4v) is 2.19. The van der Waals surface area contributed by atoms with Gasteiger partial charge < -0.3 is 20.3 Å². The van der Waals surface area contributed by atoms with Crippen molar-refractivity contribution in [3.05, 3.63) is 77.5 Å². The molecular weight excluding hydrogens is 554 g/mol. The third-order valence-electron chi connectivity index (χ3n) is 3.29. The van der Waals surface area contributed by atoms with E-state index in [1.807, 2.05) is 40.0 Å². The SMILES string of the molecule is CC(C)[N-]C([N-]C(C)C)n1cccn1.Fc1c[c-]c(-c2ccccn2)c(F)n1.[Ir+3]. The quantitative estimate of drug-likeness (QED) is 0.302. The summed E-state index contributed by atoms with van der Waals surface area (Å²) in [4.78, 5) is 6.95. The molecule has 0 aliphatic heterocycles. The van der Waals surface area contributed by atoms with Crippen LogP contribution in [-0.2, 0) is 20.1 Å². The molecule has 0 amide bonds. The number of hydrogen-bond acceptors (Lipinski definition) is 3. The second-order valence-electron chi connectivity index (χ2n) is 6.42. The Kier molecular flexibility index (Phi) is 10.8. The van der Waals surface area contributed by atoms with Gasteiger partial charge in [-0.05, 0) is 17.8 Å². The van der Waals surface area contributed by atoms with E-state index in [0.29, 0.717) is 5.69 Å². The van der Waals surface area contributed by atoms with Crippen LogP contribution in [-0.4, -0.2) is 31.8 Å². The largest absolute Gasteiger partial charge is 3.00 e. The molecule has 3 rings (SSSR count). The van der Waals surface area contributed by atoms with Crippen molar-refractivity contribution in [3.8, 4) is 11.3 Å². The molecule has 0 spiro atoms. The molecule has 0 atom stereocenters. The van der Waals surface area contributed by atoms with Gasteiger partial charge in [-0.3, -0.25) is 4.98 Å². The van der Waals surface area contributed by atoms with Gasteiger partial charge >= 0.3 is 20.1 Å². The fourth-order valence-electron chi connectivity index (χ4n) is 2.19. The monoisotopic (exact) mass is 578 g/mol. The van der Waals surface area contributed by atoms with Crippen molar-refractivity contribution in [3.63, 3.8) is 0 Å². The van der Waals surface area contributed by atoms with Crippen molar-refractivity contribution in [1.82, 2.24) is 19.7 Å². The van der Waals surface area contributed by atoms with Gasteiger partial charge in [-0.25, -0.2) is 8.78 Å². The van der Waals surface area contributed by atoms with E-state index in [0.717, 1.165) is 6.07 Å². The number of nitrogens with zero attached hydrogens (tertiary/aromatic N) is 6. The van der Waals surface area contributed by atoms with Gasteiger partial charge in [-0.1, -0.05) is 51.5 Å². The molecule has 3 aromatic heterocycles. The molecule has 156 valence electrons. The molecule has 0 aliphatic carbocycles. The van der Waals surface area contributed by atoms with Gasteiger partial charge in [0.15, 0.2) is 0 Å². The van der Waals surface area contributed by atoms with E-state index in [1.165, 1.54) is 6.20 Å². The maximum Gasteiger partial charge on any atom is 3.00 e. The minimum absolute atomic E-state index is 0. The first-order valence-corrected chi connectivity index (χ1v) is 8.91. The maximum atomic E-state index is 13.1. The Labute approximate surface area is 183 Å². The standard InChI is InChI=1S/C10H5F2N2.C10H18N4.Ir/c11-9-5-4-7(10(12)14-9)8-3-1-2-6-13-8;1-8(2)12-10(13-9(3)4)14-7-5-6-11-14;/h1-3,5-6H;5-10H,1-4H3;/q-1;-2;+3. The summed E-state index contributed by atoms with van der Waals surface area (Å²) in [6.07, 6.45) is 4.98. The van der Waals surface area contributed by atoms with Crippen molar-refractivity contribution in [2.75, 3.05) is 0 Å². The number of pyridine rings is 2. The Morgan fingerprint density at radius 3 is 2.17 bits per heavy atom. The van der Waals surface area contributed by atoms with Crippen molar-refractivity contribution in [1.29, 1.82) is 0 Å². The molecule has 0 aromatic carbocycles. The van der Waals surface area contributed by atoms with E-state index in [1.54, 1.807) is 29.1 Å². The van der Waals surface area contributed by atoms with E-state index >= 15 is 0 Å². The van der Waals surface area contributed by atoms with Crippen molar-refractivity contribution < 1.29 is 28.9 Å². The number of halogens is 2. The van der Waals surface area contributed by atoms with E-state index in [9.17, 15) is 8.78 Å². The summed E-state index contributed by atoms with van der Waals surface area (Å²) >= 11 is 0. The van der Waals surface area contributed by atoms with Gasteiger partial charge in [0, 0.05) is 18.6 Å². The van der Waals surface area contributed by atoms with Crippen LogP contribution in [0, 0.1) is 18.0 Å². The molecule has 0 unspecified atom stereocenters. The van der Waals surface area contributed by atoms with Crippen LogP contribution in [0.15, 0.2) is 48.9 Å². The predicted molar refractivity (Wildman–Crippen MR) is 104 cm³/mol. The maximum absolute atomic E-state index is 13.1. The van der Waals surface area contributed by atoms with Crippen LogP contribution in [0.2, 0.25) is 0 Å². The topological polar surface area (TPSA) is 71.8 Å². The molecule has 0 aliphatic rings. The molecule has 0 N–H and O–H groups in total. The summed E-state index contributed by atoms with van der Waals surface area (Å²) in [6.45, 7) is 8.19. The first-order chi connectivity index (χ1) is 13.4. The Hall–Kier alpha value is -2.06. The third kappa shape index (κ3) is 8.45. The van der Waals surface area contributed by atoms with Crippen LogP contribution in [0.3, 0.4) is 0 Å². The van der Waals surface area contributed by atoms with Crippen LogP contribution in [0.5, 0.6) is 0 Å². The first-order valence-electron chi connectivity index (χ1n) is 8.91. The van der Waals surface area contributed by atoms with Gasteiger partial charge in [0.05, 0.1) is 0 Å². The van der Waals surface area contributed by atoms with E-state index in [-0.39, 0.29) is 44.0 Å². The molecule has 6 nitrogen and oxygen atoms in total. The molecular formula is C20H23F2IrN6. The minimum atomic E-state index is -0.899. The zero-order chi connectivity index (χ0) is 20.5.